The third-order valence-corrected chi connectivity index (χ3v) is 4.77. The van der Waals surface area contributed by atoms with Gasteiger partial charge in [0, 0.05) is 25.1 Å². The molecule has 0 saturated carbocycles. The van der Waals surface area contributed by atoms with Crippen molar-refractivity contribution in [1.29, 1.82) is 0 Å². The van der Waals surface area contributed by atoms with Gasteiger partial charge in [0.25, 0.3) is 0 Å². The molecule has 2 heterocycles. The summed E-state index contributed by atoms with van der Waals surface area (Å²) in [6.07, 6.45) is 1.36. The number of hydrogen-bond donors (Lipinski definition) is 1. The van der Waals surface area contributed by atoms with Crippen molar-refractivity contribution in [3.63, 3.8) is 0 Å². The first kappa shape index (κ1) is 13.8. The van der Waals surface area contributed by atoms with Gasteiger partial charge in [-0.2, -0.15) is 0 Å². The summed E-state index contributed by atoms with van der Waals surface area (Å²) in [6.45, 7) is 7.89. The SMILES string of the molecule is CC(C)c1nc(N(C)C2CCOC2C)sc1CN. The van der Waals surface area contributed by atoms with Gasteiger partial charge in [0.1, 0.15) is 0 Å². The molecule has 1 aliphatic heterocycles. The number of likely N-dealkylation sites (N-methyl/N-ethyl adjacent to an activating group) is 1. The molecule has 2 unspecified atom stereocenters. The molecule has 2 rings (SSSR count). The van der Waals surface area contributed by atoms with Gasteiger partial charge in [0.15, 0.2) is 5.13 Å². The van der Waals surface area contributed by atoms with Crippen molar-refractivity contribution in [3.8, 4) is 0 Å². The Bertz CT molecular complexity index is 405. The van der Waals surface area contributed by atoms with Gasteiger partial charge in [-0.05, 0) is 19.3 Å². The maximum atomic E-state index is 5.81. The Morgan fingerprint density at radius 3 is 2.72 bits per heavy atom. The first-order valence-corrected chi connectivity index (χ1v) is 7.40. The lowest BCUT2D eigenvalue weighted by Crippen LogP contribution is -2.36. The predicted octanol–water partition coefficient (Wildman–Crippen LogP) is 2.34. The molecule has 0 bridgehead atoms. The monoisotopic (exact) mass is 269 g/mol. The Balaban J connectivity index is 2.22. The fraction of sp³-hybridized carbons (Fsp3) is 0.769. The Morgan fingerprint density at radius 2 is 2.28 bits per heavy atom. The summed E-state index contributed by atoms with van der Waals surface area (Å²) in [5, 5.41) is 1.07. The van der Waals surface area contributed by atoms with Crippen LogP contribution in [0.4, 0.5) is 5.13 Å². The van der Waals surface area contributed by atoms with E-state index in [-0.39, 0.29) is 6.10 Å². The van der Waals surface area contributed by atoms with Crippen LogP contribution in [-0.4, -0.2) is 30.8 Å². The molecule has 0 aromatic carbocycles. The molecule has 1 aliphatic rings. The molecule has 0 aliphatic carbocycles. The van der Waals surface area contributed by atoms with Crippen LogP contribution in [0.25, 0.3) is 0 Å². The highest BCUT2D eigenvalue weighted by molar-refractivity contribution is 7.15. The highest BCUT2D eigenvalue weighted by Crippen LogP contribution is 2.32. The number of ether oxygens (including phenoxy) is 1. The van der Waals surface area contributed by atoms with Crippen LogP contribution in [0.5, 0.6) is 0 Å². The van der Waals surface area contributed by atoms with E-state index in [1.807, 2.05) is 0 Å². The van der Waals surface area contributed by atoms with Gasteiger partial charge in [-0.25, -0.2) is 4.98 Å². The van der Waals surface area contributed by atoms with E-state index in [0.717, 1.165) is 23.9 Å². The van der Waals surface area contributed by atoms with E-state index < -0.39 is 0 Å². The number of anilines is 1. The molecule has 1 aromatic heterocycles. The van der Waals surface area contributed by atoms with Crippen molar-refractivity contribution in [3.05, 3.63) is 10.6 Å². The Labute approximate surface area is 113 Å². The molecule has 0 amide bonds. The van der Waals surface area contributed by atoms with Crippen LogP contribution in [0.3, 0.4) is 0 Å². The fourth-order valence-electron chi connectivity index (χ4n) is 2.47. The van der Waals surface area contributed by atoms with Crippen LogP contribution < -0.4 is 10.6 Å². The van der Waals surface area contributed by atoms with Crippen molar-refractivity contribution >= 4 is 16.5 Å². The minimum Gasteiger partial charge on any atom is -0.376 e. The Hall–Kier alpha value is -0.650. The zero-order valence-corrected chi connectivity index (χ0v) is 12.5. The average molecular weight is 269 g/mol. The summed E-state index contributed by atoms with van der Waals surface area (Å²) in [6, 6.07) is 0.432. The Kier molecular flexibility index (Phi) is 4.25. The molecule has 4 nitrogen and oxygen atoms in total. The van der Waals surface area contributed by atoms with Gasteiger partial charge in [-0.3, -0.25) is 0 Å². The van der Waals surface area contributed by atoms with Crippen molar-refractivity contribution in [2.45, 2.75) is 51.8 Å². The first-order valence-electron chi connectivity index (χ1n) is 6.58. The largest absolute Gasteiger partial charge is 0.376 e. The van der Waals surface area contributed by atoms with E-state index in [1.165, 1.54) is 4.88 Å². The number of aromatic nitrogens is 1. The number of thiazole rings is 1. The minimum atomic E-state index is 0.280. The van der Waals surface area contributed by atoms with Gasteiger partial charge in [-0.1, -0.05) is 13.8 Å². The molecule has 2 N–H and O–H groups in total. The van der Waals surface area contributed by atoms with Gasteiger partial charge < -0.3 is 15.4 Å². The van der Waals surface area contributed by atoms with Crippen LogP contribution >= 0.6 is 11.3 Å². The van der Waals surface area contributed by atoms with Crippen molar-refractivity contribution in [2.24, 2.45) is 5.73 Å². The highest BCUT2D eigenvalue weighted by atomic mass is 32.1. The van der Waals surface area contributed by atoms with E-state index in [0.29, 0.717) is 18.5 Å². The molecular formula is C13H23N3OS. The lowest BCUT2D eigenvalue weighted by Gasteiger charge is -2.26. The van der Waals surface area contributed by atoms with Gasteiger partial charge in [0.05, 0.1) is 17.8 Å². The van der Waals surface area contributed by atoms with Gasteiger partial charge in [0.2, 0.25) is 0 Å². The summed E-state index contributed by atoms with van der Waals surface area (Å²) in [5.41, 5.74) is 6.96. The minimum absolute atomic E-state index is 0.280. The quantitative estimate of drug-likeness (QED) is 0.911. The predicted molar refractivity (Wildman–Crippen MR) is 76.3 cm³/mol. The summed E-state index contributed by atoms with van der Waals surface area (Å²) in [5.74, 6) is 0.430. The maximum Gasteiger partial charge on any atom is 0.185 e. The molecule has 2 atom stereocenters. The second kappa shape index (κ2) is 5.55. The third-order valence-electron chi connectivity index (χ3n) is 3.58. The number of rotatable bonds is 4. The molecule has 1 fully saturated rings. The van der Waals surface area contributed by atoms with E-state index in [9.17, 15) is 0 Å². The third kappa shape index (κ3) is 2.53. The fourth-order valence-corrected chi connectivity index (χ4v) is 3.58. The summed E-state index contributed by atoms with van der Waals surface area (Å²) in [7, 11) is 2.11. The van der Waals surface area contributed by atoms with E-state index >= 15 is 0 Å². The second-order valence-electron chi connectivity index (χ2n) is 5.21. The summed E-state index contributed by atoms with van der Waals surface area (Å²) >= 11 is 1.72. The van der Waals surface area contributed by atoms with E-state index in [4.69, 9.17) is 15.5 Å². The molecule has 0 radical (unpaired) electrons. The molecule has 1 saturated heterocycles. The zero-order valence-electron chi connectivity index (χ0n) is 11.6. The van der Waals surface area contributed by atoms with E-state index in [2.05, 4.69) is 32.7 Å². The topological polar surface area (TPSA) is 51.4 Å². The van der Waals surface area contributed by atoms with Crippen molar-refractivity contribution in [2.75, 3.05) is 18.6 Å². The van der Waals surface area contributed by atoms with Crippen molar-refractivity contribution in [1.82, 2.24) is 4.98 Å². The molecule has 1 aromatic rings. The first-order chi connectivity index (χ1) is 8.54. The number of hydrogen-bond acceptors (Lipinski definition) is 5. The molecule has 5 heteroatoms. The molecular weight excluding hydrogens is 246 g/mol. The lowest BCUT2D eigenvalue weighted by molar-refractivity contribution is 0.118. The number of nitrogens with two attached hydrogens (primary N) is 1. The van der Waals surface area contributed by atoms with Gasteiger partial charge >= 0.3 is 0 Å². The summed E-state index contributed by atoms with van der Waals surface area (Å²) in [4.78, 5) is 8.23. The van der Waals surface area contributed by atoms with Crippen molar-refractivity contribution < 1.29 is 4.74 Å². The second-order valence-corrected chi connectivity index (χ2v) is 6.27. The van der Waals surface area contributed by atoms with E-state index in [1.54, 1.807) is 11.3 Å². The Morgan fingerprint density at radius 1 is 1.56 bits per heavy atom. The zero-order chi connectivity index (χ0) is 13.3. The van der Waals surface area contributed by atoms with Crippen LogP contribution in [0.2, 0.25) is 0 Å². The molecule has 102 valence electrons. The summed E-state index contributed by atoms with van der Waals surface area (Å²) < 4.78 is 5.63. The average Bonchev–Trinajstić information content (AvgIpc) is 2.93. The smallest absolute Gasteiger partial charge is 0.185 e. The van der Waals surface area contributed by atoms with Crippen LogP contribution in [0.1, 0.15) is 43.7 Å². The van der Waals surface area contributed by atoms with Crippen LogP contribution in [-0.2, 0) is 11.3 Å². The molecule has 18 heavy (non-hydrogen) atoms. The van der Waals surface area contributed by atoms with Crippen LogP contribution in [0, 0.1) is 0 Å². The lowest BCUT2D eigenvalue weighted by atomic mass is 10.1. The molecule has 0 spiro atoms. The normalized spacial score (nSPS) is 23.9. The standard InChI is InChI=1S/C13H23N3OS/c1-8(2)12-11(7-14)18-13(15-12)16(4)10-5-6-17-9(10)3/h8-10H,5-7,14H2,1-4H3. The highest BCUT2D eigenvalue weighted by Gasteiger charge is 2.30. The number of nitrogens with zero attached hydrogens (tertiary/aromatic N) is 2. The maximum absolute atomic E-state index is 5.81. The van der Waals surface area contributed by atoms with Gasteiger partial charge in [-0.15, -0.1) is 11.3 Å². The van der Waals surface area contributed by atoms with Crippen LogP contribution in [0.15, 0.2) is 0 Å².